The number of fused-ring (bicyclic) bond motifs is 2. The van der Waals surface area contributed by atoms with Crippen LogP contribution in [0.3, 0.4) is 0 Å². The average molecular weight is 283 g/mol. The Morgan fingerprint density at radius 2 is 2.06 bits per heavy atom. The van der Waals surface area contributed by atoms with Gasteiger partial charge >= 0.3 is 0 Å². The third kappa shape index (κ3) is 1.49. The fourth-order valence-corrected chi connectivity index (χ4v) is 6.16. The van der Waals surface area contributed by atoms with Gasteiger partial charge in [0.1, 0.15) is 10.2 Å². The van der Waals surface area contributed by atoms with E-state index in [1.165, 1.54) is 23.5 Å². The van der Waals surface area contributed by atoms with Gasteiger partial charge in [-0.2, -0.15) is 4.99 Å². The summed E-state index contributed by atoms with van der Waals surface area (Å²) in [6, 6.07) is 0. The topological polar surface area (TPSA) is 46.5 Å². The molecule has 0 aromatic carbocycles. The van der Waals surface area contributed by atoms with Crippen molar-refractivity contribution in [3.63, 3.8) is 0 Å². The largest absolute Gasteiger partial charge is 0.298 e. The molecule has 0 saturated heterocycles. The predicted octanol–water partition coefficient (Wildman–Crippen LogP) is 2.74. The second-order valence-electron chi connectivity index (χ2n) is 6.19. The molecule has 3 atom stereocenters. The predicted molar refractivity (Wildman–Crippen MR) is 75.9 cm³/mol. The molecule has 0 aromatic rings. The SMILES string of the molecule is CC1(C)[C@@H]2CC[C@@]1(C)[C@H](SC1=NC(=O)CS1)C2=O. The van der Waals surface area contributed by atoms with E-state index >= 15 is 0 Å². The van der Waals surface area contributed by atoms with E-state index in [0.717, 1.165) is 17.2 Å². The number of aliphatic imine (C=N–C) groups is 1. The molecule has 5 heteroatoms. The zero-order valence-electron chi connectivity index (χ0n) is 10.9. The molecule has 0 unspecified atom stereocenters. The van der Waals surface area contributed by atoms with Crippen LogP contribution in [0.4, 0.5) is 0 Å². The molecule has 2 fully saturated rings. The van der Waals surface area contributed by atoms with Crippen molar-refractivity contribution >= 4 is 39.6 Å². The average Bonchev–Trinajstić information content (AvgIpc) is 2.82. The van der Waals surface area contributed by atoms with Crippen LogP contribution in [0, 0.1) is 16.7 Å². The molecule has 0 radical (unpaired) electrons. The van der Waals surface area contributed by atoms with Crippen LogP contribution in [0.5, 0.6) is 0 Å². The van der Waals surface area contributed by atoms with Gasteiger partial charge in [-0.1, -0.05) is 44.3 Å². The van der Waals surface area contributed by atoms with Crippen LogP contribution in [0.15, 0.2) is 4.99 Å². The molecule has 2 saturated carbocycles. The van der Waals surface area contributed by atoms with Gasteiger partial charge < -0.3 is 0 Å². The Bertz CT molecular complexity index is 472. The van der Waals surface area contributed by atoms with Gasteiger partial charge in [0.25, 0.3) is 5.91 Å². The van der Waals surface area contributed by atoms with Crippen LogP contribution in [-0.2, 0) is 9.59 Å². The molecule has 0 spiro atoms. The summed E-state index contributed by atoms with van der Waals surface area (Å²) in [5.41, 5.74) is 0.129. The van der Waals surface area contributed by atoms with Crippen molar-refractivity contribution in [2.24, 2.45) is 21.7 Å². The van der Waals surface area contributed by atoms with Crippen LogP contribution >= 0.6 is 23.5 Å². The Labute approximate surface area is 116 Å². The van der Waals surface area contributed by atoms with Gasteiger partial charge in [0.05, 0.1) is 11.0 Å². The molecule has 2 bridgehead atoms. The Morgan fingerprint density at radius 3 is 2.56 bits per heavy atom. The van der Waals surface area contributed by atoms with Crippen LogP contribution in [0.2, 0.25) is 0 Å². The minimum Gasteiger partial charge on any atom is -0.298 e. The molecule has 0 N–H and O–H groups in total. The van der Waals surface area contributed by atoms with Crippen molar-refractivity contribution in [1.29, 1.82) is 0 Å². The van der Waals surface area contributed by atoms with E-state index in [1.54, 1.807) is 0 Å². The van der Waals surface area contributed by atoms with E-state index in [-0.39, 0.29) is 27.9 Å². The van der Waals surface area contributed by atoms with Crippen LogP contribution in [0.1, 0.15) is 33.6 Å². The van der Waals surface area contributed by atoms with E-state index in [9.17, 15) is 9.59 Å². The minimum absolute atomic E-state index is 0.0107. The van der Waals surface area contributed by atoms with Gasteiger partial charge in [-0.05, 0) is 23.7 Å². The molecule has 1 amide bonds. The Balaban J connectivity index is 1.88. The van der Waals surface area contributed by atoms with E-state index in [4.69, 9.17) is 0 Å². The number of carbonyl (C=O) groups excluding carboxylic acids is 2. The number of hydrogen-bond donors (Lipinski definition) is 0. The van der Waals surface area contributed by atoms with E-state index in [0.29, 0.717) is 11.5 Å². The Kier molecular flexibility index (Phi) is 2.73. The first kappa shape index (κ1) is 12.7. The van der Waals surface area contributed by atoms with Crippen molar-refractivity contribution < 1.29 is 9.59 Å². The summed E-state index contributed by atoms with van der Waals surface area (Å²) in [7, 11) is 0. The smallest absolute Gasteiger partial charge is 0.257 e. The van der Waals surface area contributed by atoms with Crippen molar-refractivity contribution in [3.8, 4) is 0 Å². The second-order valence-corrected chi connectivity index (χ2v) is 8.51. The third-order valence-electron chi connectivity index (χ3n) is 5.23. The first-order chi connectivity index (χ1) is 8.36. The molecule has 3 rings (SSSR count). The zero-order chi connectivity index (χ0) is 13.1. The number of carbonyl (C=O) groups is 2. The maximum absolute atomic E-state index is 12.5. The number of nitrogens with zero attached hydrogens (tertiary/aromatic N) is 1. The summed E-state index contributed by atoms with van der Waals surface area (Å²) in [5, 5.41) is -0.0107. The molecular weight excluding hydrogens is 266 g/mol. The summed E-state index contributed by atoms with van der Waals surface area (Å²) in [6.07, 6.45) is 2.14. The maximum atomic E-state index is 12.5. The highest BCUT2D eigenvalue weighted by Crippen LogP contribution is 2.66. The Morgan fingerprint density at radius 1 is 1.33 bits per heavy atom. The zero-order valence-corrected chi connectivity index (χ0v) is 12.5. The summed E-state index contributed by atoms with van der Waals surface area (Å²) < 4.78 is 0.794. The van der Waals surface area contributed by atoms with Crippen LogP contribution in [-0.4, -0.2) is 27.1 Å². The summed E-state index contributed by atoms with van der Waals surface area (Å²) >= 11 is 3.01. The number of amides is 1. The van der Waals surface area contributed by atoms with Crippen molar-refractivity contribution in [2.45, 2.75) is 38.9 Å². The second kappa shape index (κ2) is 3.85. The monoisotopic (exact) mass is 283 g/mol. The van der Waals surface area contributed by atoms with E-state index in [1.807, 2.05) is 0 Å². The lowest BCUT2D eigenvalue weighted by molar-refractivity contribution is -0.122. The number of ketones is 1. The highest BCUT2D eigenvalue weighted by molar-refractivity contribution is 8.39. The number of thioether (sulfide) groups is 2. The first-order valence-electron chi connectivity index (χ1n) is 6.31. The molecular formula is C13H17NO2S2. The standard InChI is InChI=1S/C13H17NO2S2/c1-12(2)7-4-5-13(12,3)10(9(7)16)18-11-14-8(15)6-17-11/h7,10H,4-6H2,1-3H3/t7-,10-,13+/m1/s1. The first-order valence-corrected chi connectivity index (χ1v) is 8.17. The highest BCUT2D eigenvalue weighted by Gasteiger charge is 2.66. The molecule has 18 heavy (non-hydrogen) atoms. The van der Waals surface area contributed by atoms with E-state index < -0.39 is 0 Å². The van der Waals surface area contributed by atoms with Gasteiger partial charge in [-0.15, -0.1) is 0 Å². The van der Waals surface area contributed by atoms with Crippen molar-refractivity contribution in [1.82, 2.24) is 0 Å². The quantitative estimate of drug-likeness (QED) is 0.742. The molecule has 98 valence electrons. The summed E-state index contributed by atoms with van der Waals surface area (Å²) in [4.78, 5) is 27.7. The fourth-order valence-electron chi connectivity index (χ4n) is 3.63. The Hall–Kier alpha value is -0.290. The lowest BCUT2D eigenvalue weighted by Gasteiger charge is -2.37. The summed E-state index contributed by atoms with van der Waals surface area (Å²) in [6.45, 7) is 6.67. The van der Waals surface area contributed by atoms with Gasteiger partial charge in [-0.3, -0.25) is 9.59 Å². The van der Waals surface area contributed by atoms with E-state index in [2.05, 4.69) is 25.8 Å². The van der Waals surface area contributed by atoms with Crippen LogP contribution in [0.25, 0.3) is 0 Å². The third-order valence-corrected chi connectivity index (χ3v) is 7.88. The minimum atomic E-state index is -0.0671. The molecule has 2 aliphatic carbocycles. The lowest BCUT2D eigenvalue weighted by Crippen LogP contribution is -2.36. The van der Waals surface area contributed by atoms with Gasteiger partial charge in [0, 0.05) is 5.92 Å². The lowest BCUT2D eigenvalue weighted by atomic mass is 9.71. The fraction of sp³-hybridized carbons (Fsp3) is 0.769. The molecule has 1 aliphatic heterocycles. The number of rotatable bonds is 1. The molecule has 3 nitrogen and oxygen atoms in total. The molecule has 3 aliphatic rings. The van der Waals surface area contributed by atoms with Crippen LogP contribution < -0.4 is 0 Å². The van der Waals surface area contributed by atoms with Gasteiger partial charge in [0.15, 0.2) is 0 Å². The maximum Gasteiger partial charge on any atom is 0.257 e. The number of hydrogen-bond acceptors (Lipinski definition) is 4. The van der Waals surface area contributed by atoms with Crippen molar-refractivity contribution in [3.05, 3.63) is 0 Å². The van der Waals surface area contributed by atoms with Gasteiger partial charge in [-0.25, -0.2) is 0 Å². The highest BCUT2D eigenvalue weighted by atomic mass is 32.2. The normalized spacial score (nSPS) is 41.6. The van der Waals surface area contributed by atoms with Crippen molar-refractivity contribution in [2.75, 3.05) is 5.75 Å². The molecule has 0 aromatic heterocycles. The molecule has 1 heterocycles. The number of Topliss-reactive ketones (excluding diaryl/α,β-unsaturated/α-hetero) is 1. The van der Waals surface area contributed by atoms with Gasteiger partial charge in [0.2, 0.25) is 0 Å². The summed E-state index contributed by atoms with van der Waals surface area (Å²) in [5.74, 6) is 0.943.